The van der Waals surface area contributed by atoms with Crippen LogP contribution in [0.15, 0.2) is 41.1 Å². The molecule has 0 aliphatic heterocycles. The zero-order chi connectivity index (χ0) is 19.1. The number of nitro groups is 1. The molecule has 8 nitrogen and oxygen atoms in total. The number of phenols is 2. The average molecular weight is 367 g/mol. The molecule has 2 aromatic heterocycles. The first-order valence-electron chi connectivity index (χ1n) is 6.88. The number of benzene rings is 1. The van der Waals surface area contributed by atoms with E-state index in [0.29, 0.717) is 0 Å². The van der Waals surface area contributed by atoms with Crippen molar-refractivity contribution < 1.29 is 32.8 Å². The molecule has 0 amide bonds. The third-order valence-electron chi connectivity index (χ3n) is 3.41. The molecular formula is C15H8F3N3O5. The Labute approximate surface area is 142 Å². The van der Waals surface area contributed by atoms with Gasteiger partial charge in [-0.05, 0) is 18.2 Å². The van der Waals surface area contributed by atoms with E-state index in [4.69, 9.17) is 4.52 Å². The van der Waals surface area contributed by atoms with Gasteiger partial charge in [0, 0.05) is 23.9 Å². The quantitative estimate of drug-likeness (QED) is 0.411. The fourth-order valence-corrected chi connectivity index (χ4v) is 2.26. The smallest absolute Gasteiger partial charge is 0.434 e. The molecule has 134 valence electrons. The van der Waals surface area contributed by atoms with Crippen molar-refractivity contribution in [1.82, 2.24) is 10.1 Å². The van der Waals surface area contributed by atoms with Gasteiger partial charge < -0.3 is 14.7 Å². The molecule has 0 unspecified atom stereocenters. The van der Waals surface area contributed by atoms with Gasteiger partial charge in [0.1, 0.15) is 5.69 Å². The molecule has 0 saturated carbocycles. The lowest BCUT2D eigenvalue weighted by molar-refractivity contribution is -0.385. The van der Waals surface area contributed by atoms with E-state index in [0.717, 1.165) is 30.5 Å². The van der Waals surface area contributed by atoms with Crippen molar-refractivity contribution in [2.75, 3.05) is 0 Å². The van der Waals surface area contributed by atoms with E-state index in [-0.39, 0.29) is 22.6 Å². The molecule has 3 rings (SSSR count). The molecular weight excluding hydrogens is 359 g/mol. The molecule has 0 fully saturated rings. The van der Waals surface area contributed by atoms with E-state index in [1.54, 1.807) is 0 Å². The average Bonchev–Trinajstić information content (AvgIpc) is 3.06. The molecule has 2 heterocycles. The zero-order valence-electron chi connectivity index (χ0n) is 12.6. The Kier molecular flexibility index (Phi) is 3.98. The maximum Gasteiger partial charge on any atom is 0.434 e. The Balaban J connectivity index is 2.09. The summed E-state index contributed by atoms with van der Waals surface area (Å²) >= 11 is 0. The van der Waals surface area contributed by atoms with Crippen LogP contribution in [-0.4, -0.2) is 25.3 Å². The summed E-state index contributed by atoms with van der Waals surface area (Å²) in [7, 11) is 0. The van der Waals surface area contributed by atoms with E-state index in [9.17, 15) is 33.5 Å². The molecule has 26 heavy (non-hydrogen) atoms. The highest BCUT2D eigenvalue weighted by atomic mass is 19.4. The van der Waals surface area contributed by atoms with Crippen LogP contribution in [0.4, 0.5) is 18.9 Å². The molecule has 3 aromatic rings. The Morgan fingerprint density at radius 2 is 1.92 bits per heavy atom. The van der Waals surface area contributed by atoms with Crippen molar-refractivity contribution in [2.24, 2.45) is 0 Å². The summed E-state index contributed by atoms with van der Waals surface area (Å²) in [5, 5.41) is 33.5. The van der Waals surface area contributed by atoms with Crippen LogP contribution in [0.5, 0.6) is 11.5 Å². The first-order valence-corrected chi connectivity index (χ1v) is 6.88. The normalized spacial score (nSPS) is 11.5. The number of pyridine rings is 1. The van der Waals surface area contributed by atoms with Gasteiger partial charge >= 0.3 is 11.9 Å². The van der Waals surface area contributed by atoms with Gasteiger partial charge in [-0.15, -0.1) is 0 Å². The standard InChI is InChI=1S/C15H8F3N3O5/c16-15(17,18)14-8(2-1-3-19-14)12-6-9(20-26-12)7-4-10(21(24)25)13(23)11(22)5-7/h1-6,22-23H. The second-order valence-electron chi connectivity index (χ2n) is 5.09. The summed E-state index contributed by atoms with van der Waals surface area (Å²) in [6, 6.07) is 5.41. The zero-order valence-corrected chi connectivity index (χ0v) is 12.6. The van der Waals surface area contributed by atoms with Crippen LogP contribution >= 0.6 is 0 Å². The number of aromatic hydroxyl groups is 2. The van der Waals surface area contributed by atoms with Crippen LogP contribution in [0.3, 0.4) is 0 Å². The summed E-state index contributed by atoms with van der Waals surface area (Å²) in [6.07, 6.45) is -3.75. The predicted octanol–water partition coefficient (Wildman–Crippen LogP) is 3.74. The van der Waals surface area contributed by atoms with E-state index in [1.807, 2.05) is 0 Å². The van der Waals surface area contributed by atoms with Gasteiger partial charge in [-0.1, -0.05) is 5.16 Å². The monoisotopic (exact) mass is 367 g/mol. The maximum atomic E-state index is 13.0. The highest BCUT2D eigenvalue weighted by Gasteiger charge is 2.36. The third kappa shape index (κ3) is 3.01. The number of nitrogens with zero attached hydrogens (tertiary/aromatic N) is 3. The van der Waals surface area contributed by atoms with Crippen LogP contribution in [0.2, 0.25) is 0 Å². The molecule has 0 spiro atoms. The Morgan fingerprint density at radius 1 is 1.19 bits per heavy atom. The van der Waals surface area contributed by atoms with Crippen molar-refractivity contribution in [3.63, 3.8) is 0 Å². The molecule has 2 N–H and O–H groups in total. The summed E-state index contributed by atoms with van der Waals surface area (Å²) in [4.78, 5) is 13.3. The lowest BCUT2D eigenvalue weighted by atomic mass is 10.1. The maximum absolute atomic E-state index is 13.0. The van der Waals surface area contributed by atoms with Gasteiger partial charge in [0.25, 0.3) is 0 Å². The number of aromatic nitrogens is 2. The number of hydrogen-bond acceptors (Lipinski definition) is 7. The Morgan fingerprint density at radius 3 is 2.58 bits per heavy atom. The van der Waals surface area contributed by atoms with Crippen molar-refractivity contribution in [3.8, 4) is 34.1 Å². The van der Waals surface area contributed by atoms with E-state index < -0.39 is 34.0 Å². The van der Waals surface area contributed by atoms with Gasteiger partial charge in [-0.25, -0.2) is 0 Å². The van der Waals surface area contributed by atoms with E-state index >= 15 is 0 Å². The number of phenolic OH excluding ortho intramolecular Hbond substituents is 2. The molecule has 0 aliphatic rings. The molecule has 11 heteroatoms. The third-order valence-corrected chi connectivity index (χ3v) is 3.41. The van der Waals surface area contributed by atoms with E-state index in [1.165, 1.54) is 6.07 Å². The fraction of sp³-hybridized carbons (Fsp3) is 0.0667. The minimum absolute atomic E-state index is 0.0283. The Bertz CT molecular complexity index is 1000. The predicted molar refractivity (Wildman–Crippen MR) is 80.2 cm³/mol. The van der Waals surface area contributed by atoms with E-state index in [2.05, 4.69) is 10.1 Å². The molecule has 0 bridgehead atoms. The minimum Gasteiger partial charge on any atom is -0.504 e. The lowest BCUT2D eigenvalue weighted by Gasteiger charge is -2.08. The van der Waals surface area contributed by atoms with Crippen molar-refractivity contribution in [1.29, 1.82) is 0 Å². The van der Waals surface area contributed by atoms with Gasteiger partial charge in [-0.3, -0.25) is 15.1 Å². The Hall–Kier alpha value is -3.63. The largest absolute Gasteiger partial charge is 0.504 e. The van der Waals surface area contributed by atoms with Crippen LogP contribution < -0.4 is 0 Å². The molecule has 0 atom stereocenters. The summed E-state index contributed by atoms with van der Waals surface area (Å²) in [5.74, 6) is -1.99. The first-order chi connectivity index (χ1) is 12.2. The number of nitro benzene ring substituents is 1. The van der Waals surface area contributed by atoms with Crippen LogP contribution in [0.25, 0.3) is 22.6 Å². The highest BCUT2D eigenvalue weighted by molar-refractivity contribution is 5.73. The topological polar surface area (TPSA) is 123 Å². The fourth-order valence-electron chi connectivity index (χ4n) is 2.26. The van der Waals surface area contributed by atoms with Crippen molar-refractivity contribution in [3.05, 3.63) is 52.3 Å². The van der Waals surface area contributed by atoms with Gasteiger partial charge in [0.2, 0.25) is 5.75 Å². The summed E-state index contributed by atoms with van der Waals surface area (Å²) < 4.78 is 44.0. The van der Waals surface area contributed by atoms with Gasteiger partial charge in [-0.2, -0.15) is 13.2 Å². The molecule has 0 radical (unpaired) electrons. The second-order valence-corrected chi connectivity index (χ2v) is 5.09. The summed E-state index contributed by atoms with van der Waals surface area (Å²) in [6.45, 7) is 0. The minimum atomic E-state index is -4.72. The highest BCUT2D eigenvalue weighted by Crippen LogP contribution is 2.41. The number of rotatable bonds is 3. The molecule has 0 aliphatic carbocycles. The molecule has 1 aromatic carbocycles. The summed E-state index contributed by atoms with van der Waals surface area (Å²) in [5.41, 5.74) is -2.43. The lowest BCUT2D eigenvalue weighted by Crippen LogP contribution is -2.09. The van der Waals surface area contributed by atoms with Crippen molar-refractivity contribution >= 4 is 5.69 Å². The number of alkyl halides is 3. The van der Waals surface area contributed by atoms with Gasteiger partial charge in [0.15, 0.2) is 17.2 Å². The first kappa shape index (κ1) is 17.2. The van der Waals surface area contributed by atoms with Crippen LogP contribution in [-0.2, 0) is 6.18 Å². The second kappa shape index (κ2) is 6.02. The van der Waals surface area contributed by atoms with Crippen LogP contribution in [0, 0.1) is 10.1 Å². The van der Waals surface area contributed by atoms with Crippen molar-refractivity contribution in [2.45, 2.75) is 6.18 Å². The van der Waals surface area contributed by atoms with Crippen LogP contribution in [0.1, 0.15) is 5.69 Å². The molecule has 0 saturated heterocycles. The van der Waals surface area contributed by atoms with Gasteiger partial charge in [0.05, 0.1) is 10.5 Å². The number of halogens is 3. The number of hydrogen-bond donors (Lipinski definition) is 2. The SMILES string of the molecule is O=[N+]([O-])c1cc(-c2cc(-c3cccnc3C(F)(F)F)on2)cc(O)c1O.